The van der Waals surface area contributed by atoms with Crippen molar-refractivity contribution in [3.8, 4) is 23.0 Å². The highest BCUT2D eigenvalue weighted by Gasteiger charge is 2.13. The summed E-state index contributed by atoms with van der Waals surface area (Å²) in [5, 5.41) is 3.41. The number of ether oxygens (including phenoxy) is 4. The van der Waals surface area contributed by atoms with Crippen LogP contribution >= 0.6 is 0 Å². The zero-order chi connectivity index (χ0) is 16.8. The van der Waals surface area contributed by atoms with E-state index in [1.165, 1.54) is 0 Å². The second-order valence-corrected chi connectivity index (χ2v) is 5.38. The maximum Gasteiger partial charge on any atom is 0.231 e. The fourth-order valence-corrected chi connectivity index (χ4v) is 2.49. The molecule has 0 aliphatic carbocycles. The van der Waals surface area contributed by atoms with Gasteiger partial charge in [0.2, 0.25) is 6.79 Å². The molecule has 1 aliphatic rings. The summed E-state index contributed by atoms with van der Waals surface area (Å²) in [7, 11) is 1.64. The van der Waals surface area contributed by atoms with E-state index in [2.05, 4.69) is 11.9 Å². The Bertz CT molecular complexity index is 721. The molecular formula is C19H21ClNO4-. The minimum atomic E-state index is 0. The van der Waals surface area contributed by atoms with Crippen molar-refractivity contribution in [2.45, 2.75) is 13.1 Å². The molecule has 0 spiro atoms. The average Bonchev–Trinajstić information content (AvgIpc) is 3.08. The smallest absolute Gasteiger partial charge is 0.231 e. The number of hydrogen-bond donors (Lipinski definition) is 1. The van der Waals surface area contributed by atoms with E-state index in [1.54, 1.807) is 13.2 Å². The topological polar surface area (TPSA) is 49.0 Å². The van der Waals surface area contributed by atoms with Gasteiger partial charge in [-0.3, -0.25) is 0 Å². The molecule has 0 aromatic heterocycles. The first-order chi connectivity index (χ1) is 11.8. The van der Waals surface area contributed by atoms with E-state index >= 15 is 0 Å². The molecule has 134 valence electrons. The Morgan fingerprint density at radius 1 is 1.04 bits per heavy atom. The van der Waals surface area contributed by atoms with Crippen LogP contribution in [0.4, 0.5) is 0 Å². The van der Waals surface area contributed by atoms with E-state index in [9.17, 15) is 0 Å². The monoisotopic (exact) mass is 362 g/mol. The number of nitrogens with one attached hydrogen (secondary N) is 1. The summed E-state index contributed by atoms with van der Waals surface area (Å²) in [6.45, 7) is 5.87. The molecule has 0 radical (unpaired) electrons. The third kappa shape index (κ3) is 4.81. The van der Waals surface area contributed by atoms with Crippen LogP contribution in [0.5, 0.6) is 23.0 Å². The number of benzene rings is 2. The van der Waals surface area contributed by atoms with E-state index in [0.29, 0.717) is 13.4 Å². The summed E-state index contributed by atoms with van der Waals surface area (Å²) in [5.74, 6) is 3.05. The Balaban J connectivity index is 0.00000225. The first kappa shape index (κ1) is 19.0. The molecule has 25 heavy (non-hydrogen) atoms. The van der Waals surface area contributed by atoms with Crippen molar-refractivity contribution in [1.82, 2.24) is 5.32 Å². The Hall–Kier alpha value is -2.37. The summed E-state index contributed by atoms with van der Waals surface area (Å²) in [6.07, 6.45) is 1.71. The van der Waals surface area contributed by atoms with Gasteiger partial charge in [0.25, 0.3) is 0 Å². The van der Waals surface area contributed by atoms with Gasteiger partial charge in [-0.05, 0) is 35.4 Å². The van der Waals surface area contributed by atoms with Crippen LogP contribution in [-0.2, 0) is 13.1 Å². The van der Waals surface area contributed by atoms with Crippen LogP contribution < -0.4 is 36.7 Å². The first-order valence-electron chi connectivity index (χ1n) is 7.80. The number of halogens is 1. The Labute approximate surface area is 154 Å². The second kappa shape index (κ2) is 9.20. The van der Waals surface area contributed by atoms with E-state index in [-0.39, 0.29) is 12.4 Å². The predicted molar refractivity (Wildman–Crippen MR) is 91.8 cm³/mol. The van der Waals surface area contributed by atoms with Gasteiger partial charge < -0.3 is 36.7 Å². The minimum Gasteiger partial charge on any atom is -1.00 e. The molecule has 1 aliphatic heterocycles. The minimum absolute atomic E-state index is 0. The Morgan fingerprint density at radius 3 is 2.52 bits per heavy atom. The molecule has 5 nitrogen and oxygen atoms in total. The van der Waals surface area contributed by atoms with Gasteiger partial charge in [-0.1, -0.05) is 24.8 Å². The average molecular weight is 363 g/mol. The highest BCUT2D eigenvalue weighted by Crippen LogP contribution is 2.32. The van der Waals surface area contributed by atoms with Crippen LogP contribution in [-0.4, -0.2) is 20.5 Å². The van der Waals surface area contributed by atoms with Crippen molar-refractivity contribution < 1.29 is 31.4 Å². The van der Waals surface area contributed by atoms with Crippen molar-refractivity contribution >= 4 is 0 Å². The lowest BCUT2D eigenvalue weighted by atomic mass is 10.1. The quantitative estimate of drug-likeness (QED) is 0.684. The van der Waals surface area contributed by atoms with Crippen molar-refractivity contribution in [1.29, 1.82) is 0 Å². The first-order valence-corrected chi connectivity index (χ1v) is 7.80. The highest BCUT2D eigenvalue weighted by molar-refractivity contribution is 5.45. The molecule has 0 saturated heterocycles. The number of methoxy groups -OCH3 is 1. The van der Waals surface area contributed by atoms with Crippen LogP contribution in [0.3, 0.4) is 0 Å². The number of hydrogen-bond acceptors (Lipinski definition) is 5. The molecule has 2 aromatic carbocycles. The highest BCUT2D eigenvalue weighted by atomic mass is 35.5. The van der Waals surface area contributed by atoms with Crippen LogP contribution in [0.1, 0.15) is 11.1 Å². The van der Waals surface area contributed by atoms with E-state index in [1.807, 2.05) is 36.4 Å². The van der Waals surface area contributed by atoms with Gasteiger partial charge in [0.15, 0.2) is 23.0 Å². The van der Waals surface area contributed by atoms with Gasteiger partial charge in [0, 0.05) is 13.1 Å². The molecule has 0 saturated carbocycles. The van der Waals surface area contributed by atoms with Crippen LogP contribution in [0, 0.1) is 0 Å². The van der Waals surface area contributed by atoms with E-state index < -0.39 is 0 Å². The van der Waals surface area contributed by atoms with E-state index in [4.69, 9.17) is 18.9 Å². The van der Waals surface area contributed by atoms with Gasteiger partial charge in [-0.2, -0.15) is 0 Å². The zero-order valence-corrected chi connectivity index (χ0v) is 14.8. The molecule has 3 rings (SSSR count). The molecule has 0 atom stereocenters. The standard InChI is InChI=1S/C19H21NO4.ClH/c1-3-8-22-16-6-4-14(9-18(16)21-2)11-20-12-15-5-7-17-19(10-15)24-13-23-17;/h3-7,9-10,20H,1,8,11-13H2,2H3;1H/p-1. The molecule has 0 amide bonds. The summed E-state index contributed by atoms with van der Waals surface area (Å²) in [6, 6.07) is 11.9. The van der Waals surface area contributed by atoms with Crippen LogP contribution in [0.2, 0.25) is 0 Å². The van der Waals surface area contributed by atoms with Crippen molar-refractivity contribution in [2.24, 2.45) is 0 Å². The van der Waals surface area contributed by atoms with Gasteiger partial charge >= 0.3 is 0 Å². The Kier molecular flexibility index (Phi) is 6.98. The third-order valence-corrected chi connectivity index (χ3v) is 3.68. The fraction of sp³-hybridized carbons (Fsp3) is 0.263. The number of rotatable bonds is 8. The second-order valence-electron chi connectivity index (χ2n) is 5.38. The number of fused-ring (bicyclic) bond motifs is 1. The third-order valence-electron chi connectivity index (χ3n) is 3.68. The predicted octanol–water partition coefficient (Wildman–Crippen LogP) is 0.283. The molecule has 0 fully saturated rings. The van der Waals surface area contributed by atoms with Crippen LogP contribution in [0.15, 0.2) is 49.1 Å². The van der Waals surface area contributed by atoms with Gasteiger partial charge in [-0.25, -0.2) is 0 Å². The van der Waals surface area contributed by atoms with Crippen molar-refractivity contribution in [2.75, 3.05) is 20.5 Å². The van der Waals surface area contributed by atoms with Crippen molar-refractivity contribution in [3.63, 3.8) is 0 Å². The van der Waals surface area contributed by atoms with Crippen molar-refractivity contribution in [3.05, 3.63) is 60.2 Å². The zero-order valence-electron chi connectivity index (χ0n) is 14.1. The largest absolute Gasteiger partial charge is 1.00 e. The molecular weight excluding hydrogens is 342 g/mol. The van der Waals surface area contributed by atoms with Gasteiger partial charge in [0.1, 0.15) is 6.61 Å². The lowest BCUT2D eigenvalue weighted by Crippen LogP contribution is -3.00. The summed E-state index contributed by atoms with van der Waals surface area (Å²) in [4.78, 5) is 0. The lowest BCUT2D eigenvalue weighted by Gasteiger charge is -2.12. The normalized spacial score (nSPS) is 11.6. The molecule has 1 heterocycles. The lowest BCUT2D eigenvalue weighted by molar-refractivity contribution is -0.00000704. The van der Waals surface area contributed by atoms with E-state index in [0.717, 1.165) is 47.2 Å². The molecule has 6 heteroatoms. The van der Waals surface area contributed by atoms with Gasteiger partial charge in [0.05, 0.1) is 7.11 Å². The summed E-state index contributed by atoms with van der Waals surface area (Å²) < 4.78 is 21.6. The SMILES string of the molecule is C=CCOc1ccc(CNCc2ccc3c(c2)OCO3)cc1OC.[Cl-]. The maximum absolute atomic E-state index is 5.56. The van der Waals surface area contributed by atoms with Gasteiger partial charge in [-0.15, -0.1) is 0 Å². The molecule has 0 bridgehead atoms. The summed E-state index contributed by atoms with van der Waals surface area (Å²) in [5.41, 5.74) is 2.27. The molecule has 1 N–H and O–H groups in total. The Morgan fingerprint density at radius 2 is 1.76 bits per heavy atom. The molecule has 0 unspecified atom stereocenters. The summed E-state index contributed by atoms with van der Waals surface area (Å²) >= 11 is 0. The fourth-order valence-electron chi connectivity index (χ4n) is 2.49. The van der Waals surface area contributed by atoms with Crippen LogP contribution in [0.25, 0.3) is 0 Å². The molecule has 2 aromatic rings. The maximum atomic E-state index is 5.56.